The van der Waals surface area contributed by atoms with Crippen LogP contribution in [-0.2, 0) is 30.5 Å². The van der Waals surface area contributed by atoms with Gasteiger partial charge in [0.25, 0.3) is 0 Å². The monoisotopic (exact) mass is 696 g/mol. The van der Waals surface area contributed by atoms with Crippen molar-refractivity contribution in [3.63, 3.8) is 0 Å². The Morgan fingerprint density at radius 3 is 1.92 bits per heavy atom. The van der Waals surface area contributed by atoms with Gasteiger partial charge in [-0.2, -0.15) is 0 Å². The number of benzene rings is 1. The van der Waals surface area contributed by atoms with Crippen molar-refractivity contribution in [3.8, 4) is 0 Å². The molecule has 2 amide bonds. The second-order valence-corrected chi connectivity index (χ2v) is 12.5. The summed E-state index contributed by atoms with van der Waals surface area (Å²) in [7, 11) is 3.54. The minimum absolute atomic E-state index is 0.0499. The number of carbonyl (C=O) groups excluding carboxylic acids is 3. The molecule has 1 aromatic carbocycles. The fraction of sp³-hybridized carbons (Fsp3) is 0.744. The molecule has 1 aromatic rings. The van der Waals surface area contributed by atoms with E-state index in [0.717, 1.165) is 50.6 Å². The molecule has 0 spiro atoms. The highest BCUT2D eigenvalue weighted by atomic mass is 16.5. The minimum atomic E-state index is -0.779. The molecule has 0 aliphatic carbocycles. The summed E-state index contributed by atoms with van der Waals surface area (Å²) >= 11 is 0. The Morgan fingerprint density at radius 2 is 1.45 bits per heavy atom. The van der Waals surface area contributed by atoms with E-state index in [4.69, 9.17) is 14.6 Å². The predicted molar refractivity (Wildman–Crippen MR) is 202 cm³/mol. The van der Waals surface area contributed by atoms with Crippen LogP contribution in [-0.4, -0.2) is 79.7 Å². The Morgan fingerprint density at radius 1 is 0.878 bits per heavy atom. The molecule has 0 radical (unpaired) electrons. The predicted octanol–water partition coefficient (Wildman–Crippen LogP) is 8.13. The van der Waals surface area contributed by atoms with Crippen LogP contribution in [0.3, 0.4) is 0 Å². The van der Waals surface area contributed by atoms with E-state index in [1.165, 1.54) is 13.3 Å². The van der Waals surface area contributed by atoms with E-state index in [2.05, 4.69) is 50.2 Å². The van der Waals surface area contributed by atoms with E-state index in [1.807, 2.05) is 65.1 Å². The third-order valence-electron chi connectivity index (χ3n) is 7.81. The summed E-state index contributed by atoms with van der Waals surface area (Å²) in [4.78, 5) is 47.8. The van der Waals surface area contributed by atoms with Crippen molar-refractivity contribution in [3.05, 3.63) is 35.9 Å². The van der Waals surface area contributed by atoms with Crippen molar-refractivity contribution in [2.75, 3.05) is 33.8 Å². The number of alkyl carbamates (subject to hydrolysis) is 1. The van der Waals surface area contributed by atoms with Gasteiger partial charge in [0.15, 0.2) is 0 Å². The van der Waals surface area contributed by atoms with Gasteiger partial charge in [0.2, 0.25) is 5.91 Å². The first-order chi connectivity index (χ1) is 23.3. The SMILES string of the molecule is CC.CC(=O)CNC(=O)C(C(C)C)N(C)CCCCCCNC(=O)OCc1ccccc1.CCC.CCC(C)C(CC)C(CC(=O)O)OC. The number of rotatable bonds is 21. The molecule has 1 rings (SSSR count). The van der Waals surface area contributed by atoms with Gasteiger partial charge >= 0.3 is 12.1 Å². The van der Waals surface area contributed by atoms with Crippen LogP contribution in [0.5, 0.6) is 0 Å². The number of ketones is 1. The summed E-state index contributed by atoms with van der Waals surface area (Å²) in [6.45, 7) is 21.9. The molecule has 4 atom stereocenters. The van der Waals surface area contributed by atoms with Crippen molar-refractivity contribution in [1.82, 2.24) is 15.5 Å². The molecular weight excluding hydrogens is 622 g/mol. The van der Waals surface area contributed by atoms with Crippen molar-refractivity contribution in [2.45, 2.75) is 139 Å². The fourth-order valence-corrected chi connectivity index (χ4v) is 5.19. The molecule has 0 heterocycles. The van der Waals surface area contributed by atoms with Gasteiger partial charge in [-0.25, -0.2) is 4.79 Å². The molecule has 10 heteroatoms. The summed E-state index contributed by atoms with van der Waals surface area (Å²) in [6.07, 6.45) is 6.73. The fourth-order valence-electron chi connectivity index (χ4n) is 5.19. The average Bonchev–Trinajstić information content (AvgIpc) is 3.07. The number of carbonyl (C=O) groups is 4. The maximum atomic E-state index is 12.4. The molecule has 10 nitrogen and oxygen atoms in total. The Balaban J connectivity index is -0.000000927. The number of Topliss-reactive ketones (excluding diaryl/α,β-unsaturated/α-hetero) is 1. The molecule has 0 fully saturated rings. The molecule has 0 aliphatic heterocycles. The first-order valence-corrected chi connectivity index (χ1v) is 18.5. The van der Waals surface area contributed by atoms with Crippen LogP contribution in [0.4, 0.5) is 4.79 Å². The number of likely N-dealkylation sites (N-methyl/N-ethyl adjacent to an activating group) is 1. The Bertz CT molecular complexity index is 959. The molecule has 4 unspecified atom stereocenters. The van der Waals surface area contributed by atoms with Crippen molar-refractivity contribution in [2.24, 2.45) is 17.8 Å². The van der Waals surface area contributed by atoms with Crippen molar-refractivity contribution < 1.29 is 33.8 Å². The summed E-state index contributed by atoms with van der Waals surface area (Å²) in [5.74, 6) is 0.101. The minimum Gasteiger partial charge on any atom is -0.481 e. The zero-order valence-electron chi connectivity index (χ0n) is 33.1. The molecular formula is C39H73N3O7. The number of methoxy groups -OCH3 is 1. The summed E-state index contributed by atoms with van der Waals surface area (Å²) in [5, 5.41) is 14.2. The molecule has 0 bridgehead atoms. The van der Waals surface area contributed by atoms with Crippen LogP contribution in [0.15, 0.2) is 30.3 Å². The highest BCUT2D eigenvalue weighted by Crippen LogP contribution is 2.26. The van der Waals surface area contributed by atoms with Crippen LogP contribution in [0.1, 0.15) is 126 Å². The second-order valence-electron chi connectivity index (χ2n) is 12.5. The lowest BCUT2D eigenvalue weighted by atomic mass is 9.84. The molecule has 0 saturated carbocycles. The van der Waals surface area contributed by atoms with Gasteiger partial charge < -0.3 is 25.2 Å². The van der Waals surface area contributed by atoms with Gasteiger partial charge in [0, 0.05) is 13.7 Å². The largest absolute Gasteiger partial charge is 0.481 e. The first kappa shape index (κ1) is 50.4. The van der Waals surface area contributed by atoms with Crippen LogP contribution >= 0.6 is 0 Å². The third kappa shape index (κ3) is 27.5. The average molecular weight is 696 g/mol. The molecule has 3 N–H and O–H groups in total. The number of hydrogen-bond donors (Lipinski definition) is 3. The summed E-state index contributed by atoms with van der Waals surface area (Å²) in [6, 6.07) is 9.34. The maximum absolute atomic E-state index is 12.4. The van der Waals surface area contributed by atoms with Gasteiger partial charge in [-0.15, -0.1) is 0 Å². The van der Waals surface area contributed by atoms with Crippen LogP contribution in [0, 0.1) is 17.8 Å². The zero-order valence-corrected chi connectivity index (χ0v) is 33.1. The molecule has 0 saturated heterocycles. The molecule has 49 heavy (non-hydrogen) atoms. The second kappa shape index (κ2) is 33.5. The smallest absolute Gasteiger partial charge is 0.407 e. The van der Waals surface area contributed by atoms with E-state index in [0.29, 0.717) is 18.4 Å². The Labute approximate surface area is 299 Å². The lowest BCUT2D eigenvalue weighted by molar-refractivity contribution is -0.141. The van der Waals surface area contributed by atoms with Crippen LogP contribution in [0.2, 0.25) is 0 Å². The Kier molecular flexibility index (Phi) is 34.5. The molecule has 286 valence electrons. The number of nitrogens with zero attached hydrogens (tertiary/aromatic N) is 1. The van der Waals surface area contributed by atoms with Crippen molar-refractivity contribution >= 4 is 23.8 Å². The lowest BCUT2D eigenvalue weighted by Gasteiger charge is -2.30. The third-order valence-corrected chi connectivity index (χ3v) is 7.81. The quantitative estimate of drug-likeness (QED) is 0.110. The van der Waals surface area contributed by atoms with Gasteiger partial charge in [0.05, 0.1) is 25.1 Å². The number of nitrogens with one attached hydrogen (secondary N) is 2. The van der Waals surface area contributed by atoms with Crippen molar-refractivity contribution in [1.29, 1.82) is 0 Å². The van der Waals surface area contributed by atoms with Crippen LogP contribution in [0.25, 0.3) is 0 Å². The van der Waals surface area contributed by atoms with E-state index < -0.39 is 12.1 Å². The normalized spacial score (nSPS) is 12.8. The van der Waals surface area contributed by atoms with Gasteiger partial charge in [-0.1, -0.05) is 125 Å². The molecule has 0 aromatic heterocycles. The summed E-state index contributed by atoms with van der Waals surface area (Å²) < 4.78 is 10.4. The van der Waals surface area contributed by atoms with Gasteiger partial charge in [0.1, 0.15) is 12.4 Å². The standard InChI is InChI=1S/C23H37N3O4.C11H22O3.C3H8.C2H6/c1-18(2)21(22(28)25-16-19(3)27)26(4)15-11-6-5-10-14-24-23(29)30-17-20-12-8-7-9-13-20;1-5-8(3)9(6-2)10(14-4)7-11(12)13;1-3-2;1-2/h7-9,12-13,18,21H,5-6,10-11,14-17H2,1-4H3,(H,24,29)(H,25,28);8-10H,5-7H2,1-4H3,(H,12,13);3H2,1-2H3;1-2H3. The maximum Gasteiger partial charge on any atom is 0.407 e. The zero-order chi connectivity index (χ0) is 38.2. The number of amides is 2. The highest BCUT2D eigenvalue weighted by molar-refractivity contribution is 5.87. The first-order valence-electron chi connectivity index (χ1n) is 18.5. The van der Waals surface area contributed by atoms with E-state index in [-0.39, 0.29) is 49.3 Å². The number of carboxylic acids is 1. The topological polar surface area (TPSA) is 134 Å². The van der Waals surface area contributed by atoms with Crippen LogP contribution < -0.4 is 10.6 Å². The number of unbranched alkanes of at least 4 members (excludes halogenated alkanes) is 3. The van der Waals surface area contributed by atoms with E-state index >= 15 is 0 Å². The molecule has 0 aliphatic rings. The number of ether oxygens (including phenoxy) is 2. The van der Waals surface area contributed by atoms with Gasteiger partial charge in [-0.05, 0) is 56.7 Å². The Hall–Kier alpha value is -2.98. The number of hydrogen-bond acceptors (Lipinski definition) is 7. The highest BCUT2D eigenvalue weighted by Gasteiger charge is 2.27. The van der Waals surface area contributed by atoms with E-state index in [1.54, 1.807) is 7.11 Å². The van der Waals surface area contributed by atoms with Gasteiger partial charge in [-0.3, -0.25) is 19.3 Å². The van der Waals surface area contributed by atoms with E-state index in [9.17, 15) is 19.2 Å². The number of carboxylic acid groups (broad SMARTS) is 1. The number of aliphatic carboxylic acids is 1. The summed E-state index contributed by atoms with van der Waals surface area (Å²) in [5.41, 5.74) is 0.964. The lowest BCUT2D eigenvalue weighted by Crippen LogP contribution is -2.49.